The van der Waals surface area contributed by atoms with Crippen LogP contribution in [-0.2, 0) is 6.54 Å². The molecule has 0 spiro atoms. The summed E-state index contributed by atoms with van der Waals surface area (Å²) in [4.78, 5) is 11.9. The minimum Gasteiger partial charge on any atom is -0.491 e. The fourth-order valence-electron chi connectivity index (χ4n) is 3.15. The predicted molar refractivity (Wildman–Crippen MR) is 102 cm³/mol. The van der Waals surface area contributed by atoms with Crippen LogP contribution in [0.5, 0.6) is 5.75 Å². The van der Waals surface area contributed by atoms with Gasteiger partial charge in [0.25, 0.3) is 0 Å². The van der Waals surface area contributed by atoms with Gasteiger partial charge in [-0.2, -0.15) is 0 Å². The highest BCUT2D eigenvalue weighted by Gasteiger charge is 2.11. The second-order valence-corrected chi connectivity index (χ2v) is 7.07. The lowest BCUT2D eigenvalue weighted by Gasteiger charge is -2.22. The van der Waals surface area contributed by atoms with E-state index in [2.05, 4.69) is 16.0 Å². The van der Waals surface area contributed by atoms with Gasteiger partial charge in [0.15, 0.2) is 0 Å². The van der Waals surface area contributed by atoms with Crippen molar-refractivity contribution in [2.24, 2.45) is 0 Å². The number of carbonyl (C=O) groups excluding carboxylic acids is 1. The SMILES string of the molecule is CC(C)Oc1cccc(CNC(=O)NCCCNC2CCCCC2)c1. The zero-order valence-electron chi connectivity index (χ0n) is 15.6. The van der Waals surface area contributed by atoms with Gasteiger partial charge < -0.3 is 20.7 Å². The summed E-state index contributed by atoms with van der Waals surface area (Å²) < 4.78 is 5.67. The van der Waals surface area contributed by atoms with E-state index in [0.717, 1.165) is 24.3 Å². The number of amides is 2. The summed E-state index contributed by atoms with van der Waals surface area (Å²) in [7, 11) is 0. The Bertz CT molecular complexity index is 513. The Kier molecular flexibility index (Phi) is 8.60. The van der Waals surface area contributed by atoms with Crippen molar-refractivity contribution in [3.05, 3.63) is 29.8 Å². The molecule has 1 aromatic rings. The summed E-state index contributed by atoms with van der Waals surface area (Å²) in [6, 6.07) is 8.40. The summed E-state index contributed by atoms with van der Waals surface area (Å²) in [5.74, 6) is 0.837. The van der Waals surface area contributed by atoms with E-state index in [1.165, 1.54) is 32.1 Å². The molecule has 1 aliphatic carbocycles. The molecule has 1 aliphatic rings. The first kappa shape index (κ1) is 19.6. The van der Waals surface area contributed by atoms with Gasteiger partial charge in [-0.3, -0.25) is 0 Å². The third-order valence-electron chi connectivity index (χ3n) is 4.40. The molecule has 140 valence electrons. The summed E-state index contributed by atoms with van der Waals surface area (Å²) >= 11 is 0. The summed E-state index contributed by atoms with van der Waals surface area (Å²) in [6.07, 6.45) is 7.78. The minimum absolute atomic E-state index is 0.118. The molecule has 0 atom stereocenters. The number of rotatable bonds is 9. The van der Waals surface area contributed by atoms with Crippen molar-refractivity contribution in [3.63, 3.8) is 0 Å². The van der Waals surface area contributed by atoms with Crippen molar-refractivity contribution in [1.29, 1.82) is 0 Å². The van der Waals surface area contributed by atoms with Crippen molar-refractivity contribution in [3.8, 4) is 5.75 Å². The molecule has 0 radical (unpaired) electrons. The summed E-state index contributed by atoms with van der Waals surface area (Å²) in [6.45, 7) is 6.17. The average Bonchev–Trinajstić information content (AvgIpc) is 2.60. The smallest absolute Gasteiger partial charge is 0.315 e. The lowest BCUT2D eigenvalue weighted by Crippen LogP contribution is -2.37. The number of carbonyl (C=O) groups is 1. The van der Waals surface area contributed by atoms with E-state index in [9.17, 15) is 4.79 Å². The van der Waals surface area contributed by atoms with Crippen LogP contribution in [0.15, 0.2) is 24.3 Å². The molecule has 3 N–H and O–H groups in total. The van der Waals surface area contributed by atoms with Crippen LogP contribution in [-0.4, -0.2) is 31.3 Å². The van der Waals surface area contributed by atoms with Crippen molar-refractivity contribution >= 4 is 6.03 Å². The second-order valence-electron chi connectivity index (χ2n) is 7.07. The molecular weight excluding hydrogens is 314 g/mol. The van der Waals surface area contributed by atoms with E-state index in [-0.39, 0.29) is 12.1 Å². The molecule has 5 nitrogen and oxygen atoms in total. The second kappa shape index (κ2) is 11.0. The Morgan fingerprint density at radius 1 is 1.16 bits per heavy atom. The monoisotopic (exact) mass is 347 g/mol. The summed E-state index contributed by atoms with van der Waals surface area (Å²) in [5.41, 5.74) is 1.03. The maximum Gasteiger partial charge on any atom is 0.315 e. The molecule has 5 heteroatoms. The van der Waals surface area contributed by atoms with Crippen molar-refractivity contribution in [2.75, 3.05) is 13.1 Å². The lowest BCUT2D eigenvalue weighted by molar-refractivity contribution is 0.239. The van der Waals surface area contributed by atoms with Crippen molar-refractivity contribution in [1.82, 2.24) is 16.0 Å². The largest absolute Gasteiger partial charge is 0.491 e. The van der Waals surface area contributed by atoms with Crippen molar-refractivity contribution < 1.29 is 9.53 Å². The molecule has 1 aromatic carbocycles. The van der Waals surface area contributed by atoms with Crippen LogP contribution in [0.25, 0.3) is 0 Å². The van der Waals surface area contributed by atoms with Crippen LogP contribution < -0.4 is 20.7 Å². The van der Waals surface area contributed by atoms with Crippen LogP contribution in [0.3, 0.4) is 0 Å². The van der Waals surface area contributed by atoms with Gasteiger partial charge >= 0.3 is 6.03 Å². The molecule has 0 unspecified atom stereocenters. The topological polar surface area (TPSA) is 62.4 Å². The van der Waals surface area contributed by atoms with Gasteiger partial charge in [0.05, 0.1) is 6.10 Å². The van der Waals surface area contributed by atoms with E-state index in [1.807, 2.05) is 38.1 Å². The minimum atomic E-state index is -0.118. The molecule has 0 bridgehead atoms. The van der Waals surface area contributed by atoms with Gasteiger partial charge in [-0.25, -0.2) is 4.79 Å². The highest BCUT2D eigenvalue weighted by molar-refractivity contribution is 5.73. The summed E-state index contributed by atoms with van der Waals surface area (Å²) in [5, 5.41) is 9.40. The lowest BCUT2D eigenvalue weighted by atomic mass is 9.95. The van der Waals surface area contributed by atoms with Crippen LogP contribution in [0.1, 0.15) is 57.9 Å². The molecule has 0 aliphatic heterocycles. The van der Waals surface area contributed by atoms with E-state index in [4.69, 9.17) is 4.74 Å². The van der Waals surface area contributed by atoms with Crippen LogP contribution >= 0.6 is 0 Å². The Hall–Kier alpha value is -1.75. The van der Waals surface area contributed by atoms with Gasteiger partial charge in [0, 0.05) is 19.1 Å². The highest BCUT2D eigenvalue weighted by atomic mass is 16.5. The highest BCUT2D eigenvalue weighted by Crippen LogP contribution is 2.17. The molecule has 25 heavy (non-hydrogen) atoms. The van der Waals surface area contributed by atoms with Gasteiger partial charge in [0.2, 0.25) is 0 Å². The van der Waals surface area contributed by atoms with Crippen LogP contribution in [0, 0.1) is 0 Å². The van der Waals surface area contributed by atoms with Crippen molar-refractivity contribution in [2.45, 2.75) is 71.1 Å². The van der Waals surface area contributed by atoms with Gasteiger partial charge in [-0.05, 0) is 57.4 Å². The van der Waals surface area contributed by atoms with Gasteiger partial charge in [0.1, 0.15) is 5.75 Å². The molecule has 1 fully saturated rings. The molecule has 1 saturated carbocycles. The fraction of sp³-hybridized carbons (Fsp3) is 0.650. The number of hydrogen-bond donors (Lipinski definition) is 3. The number of nitrogens with one attached hydrogen (secondary N) is 3. The Morgan fingerprint density at radius 3 is 2.72 bits per heavy atom. The predicted octanol–water partition coefficient (Wildman–Crippen LogP) is 3.59. The van der Waals surface area contributed by atoms with E-state index < -0.39 is 0 Å². The van der Waals surface area contributed by atoms with Crippen LogP contribution in [0.2, 0.25) is 0 Å². The standard InChI is InChI=1S/C20H33N3O2/c1-16(2)25-19-11-6-8-17(14-19)15-23-20(24)22-13-7-12-21-18-9-4-3-5-10-18/h6,8,11,14,16,18,21H,3-5,7,9-10,12-13,15H2,1-2H3,(H2,22,23,24). The van der Waals surface area contributed by atoms with Gasteiger partial charge in [-0.1, -0.05) is 31.4 Å². The van der Waals surface area contributed by atoms with Gasteiger partial charge in [-0.15, -0.1) is 0 Å². The van der Waals surface area contributed by atoms with E-state index in [0.29, 0.717) is 19.1 Å². The average molecular weight is 348 g/mol. The number of hydrogen-bond acceptors (Lipinski definition) is 3. The first-order chi connectivity index (χ1) is 12.1. The zero-order chi connectivity index (χ0) is 17.9. The zero-order valence-corrected chi connectivity index (χ0v) is 15.6. The third-order valence-corrected chi connectivity index (χ3v) is 4.40. The third kappa shape index (κ3) is 8.25. The molecule has 0 aromatic heterocycles. The Balaban J connectivity index is 1.56. The fourth-order valence-corrected chi connectivity index (χ4v) is 3.15. The Labute approximate surface area is 151 Å². The first-order valence-corrected chi connectivity index (χ1v) is 9.64. The molecule has 2 amide bonds. The number of urea groups is 1. The maximum atomic E-state index is 11.9. The molecule has 2 rings (SSSR count). The molecule has 0 heterocycles. The molecule has 0 saturated heterocycles. The number of benzene rings is 1. The molecular formula is C20H33N3O2. The maximum absolute atomic E-state index is 11.9. The number of ether oxygens (including phenoxy) is 1. The van der Waals surface area contributed by atoms with Crippen LogP contribution in [0.4, 0.5) is 4.79 Å². The quantitative estimate of drug-likeness (QED) is 0.598. The first-order valence-electron chi connectivity index (χ1n) is 9.64. The van der Waals surface area contributed by atoms with E-state index in [1.54, 1.807) is 0 Å². The van der Waals surface area contributed by atoms with E-state index >= 15 is 0 Å². The Morgan fingerprint density at radius 2 is 1.96 bits per heavy atom. The normalized spacial score (nSPS) is 15.2.